The van der Waals surface area contributed by atoms with Gasteiger partial charge in [0.15, 0.2) is 0 Å². The van der Waals surface area contributed by atoms with E-state index in [4.69, 9.17) is 0 Å². The number of hydrogen-bond acceptors (Lipinski definition) is 2. The fraction of sp³-hybridized carbons (Fsp3) is 0.500. The molecule has 0 saturated heterocycles. The number of benzene rings is 1. The number of halogens is 2. The maximum atomic E-state index is 13.5. The third-order valence-corrected chi connectivity index (χ3v) is 2.88. The molecular weight excluding hydrogens is 250 g/mol. The van der Waals surface area contributed by atoms with Crippen LogP contribution in [0.1, 0.15) is 25.8 Å². The predicted molar refractivity (Wildman–Crippen MR) is 70.6 cm³/mol. The van der Waals surface area contributed by atoms with Crippen molar-refractivity contribution in [3.63, 3.8) is 0 Å². The van der Waals surface area contributed by atoms with Gasteiger partial charge in [-0.3, -0.25) is 4.79 Å². The Kier molecular flexibility index (Phi) is 5.89. The molecule has 1 aromatic carbocycles. The molecule has 1 amide bonds. The average molecular weight is 270 g/mol. The maximum Gasteiger partial charge on any atom is 0.224 e. The van der Waals surface area contributed by atoms with Gasteiger partial charge in [0.2, 0.25) is 5.91 Å². The molecule has 0 aliphatic rings. The zero-order valence-electron chi connectivity index (χ0n) is 11.5. The lowest BCUT2D eigenvalue weighted by atomic mass is 10.1. The Labute approximate surface area is 112 Å². The number of hydrogen-bond donors (Lipinski definition) is 1. The summed E-state index contributed by atoms with van der Waals surface area (Å²) in [4.78, 5) is 13.3. The molecule has 0 aliphatic heterocycles. The lowest BCUT2D eigenvalue weighted by Gasteiger charge is -2.20. The van der Waals surface area contributed by atoms with Crippen LogP contribution < -0.4 is 5.32 Å². The number of rotatable bonds is 6. The summed E-state index contributed by atoms with van der Waals surface area (Å²) in [6, 6.07) is 3.47. The Morgan fingerprint density at radius 2 is 2.11 bits per heavy atom. The second-order valence-electron chi connectivity index (χ2n) is 4.65. The first-order valence-electron chi connectivity index (χ1n) is 6.35. The first-order valence-corrected chi connectivity index (χ1v) is 6.35. The molecule has 0 aliphatic carbocycles. The predicted octanol–water partition coefficient (Wildman–Crippen LogP) is 2.31. The third kappa shape index (κ3) is 4.95. The van der Waals surface area contributed by atoms with Crippen molar-refractivity contribution >= 4 is 5.91 Å². The van der Waals surface area contributed by atoms with Gasteiger partial charge < -0.3 is 10.2 Å². The van der Waals surface area contributed by atoms with Gasteiger partial charge in [-0.05, 0) is 19.5 Å². The Hall–Kier alpha value is -1.49. The number of carbonyl (C=O) groups excluding carboxylic acids is 1. The number of carbonyl (C=O) groups is 1. The van der Waals surface area contributed by atoms with Gasteiger partial charge in [-0.1, -0.05) is 13.0 Å². The first kappa shape index (κ1) is 15.6. The van der Waals surface area contributed by atoms with Crippen LogP contribution in [0.3, 0.4) is 0 Å². The molecule has 1 rings (SSSR count). The molecule has 0 fully saturated rings. The zero-order chi connectivity index (χ0) is 14.4. The molecule has 0 saturated carbocycles. The van der Waals surface area contributed by atoms with Crippen LogP contribution in [0.2, 0.25) is 0 Å². The van der Waals surface area contributed by atoms with Gasteiger partial charge in [0.05, 0.1) is 0 Å². The first-order chi connectivity index (χ1) is 8.93. The van der Waals surface area contributed by atoms with Gasteiger partial charge in [0.25, 0.3) is 0 Å². The minimum atomic E-state index is -0.626. The van der Waals surface area contributed by atoms with E-state index in [1.165, 1.54) is 17.0 Å². The van der Waals surface area contributed by atoms with Crippen molar-refractivity contribution in [2.24, 2.45) is 0 Å². The fourth-order valence-electron chi connectivity index (χ4n) is 1.83. The minimum Gasteiger partial charge on any atom is -0.341 e. The van der Waals surface area contributed by atoms with E-state index >= 15 is 0 Å². The van der Waals surface area contributed by atoms with Gasteiger partial charge in [0.1, 0.15) is 11.6 Å². The van der Waals surface area contributed by atoms with E-state index in [1.807, 2.05) is 13.8 Å². The van der Waals surface area contributed by atoms with Crippen molar-refractivity contribution in [2.45, 2.75) is 32.9 Å². The molecule has 19 heavy (non-hydrogen) atoms. The lowest BCUT2D eigenvalue weighted by Crippen LogP contribution is -2.34. The normalized spacial score (nSPS) is 12.3. The molecule has 0 heterocycles. The number of amides is 1. The molecule has 1 N–H and O–H groups in total. The molecule has 1 unspecified atom stereocenters. The summed E-state index contributed by atoms with van der Waals surface area (Å²) in [5, 5.41) is 3.14. The Morgan fingerprint density at radius 3 is 2.68 bits per heavy atom. The molecule has 5 heteroatoms. The van der Waals surface area contributed by atoms with Crippen LogP contribution in [0, 0.1) is 11.6 Å². The molecule has 0 spiro atoms. The third-order valence-electron chi connectivity index (χ3n) is 2.88. The highest BCUT2D eigenvalue weighted by molar-refractivity contribution is 5.76. The molecule has 1 atom stereocenters. The SMILES string of the molecule is CCNC(C)CC(=O)N(C)Cc1ccc(F)cc1F. The van der Waals surface area contributed by atoms with Gasteiger partial charge in [-0.25, -0.2) is 8.78 Å². The van der Waals surface area contributed by atoms with Crippen molar-refractivity contribution in [3.8, 4) is 0 Å². The summed E-state index contributed by atoms with van der Waals surface area (Å²) in [6.07, 6.45) is 0.354. The van der Waals surface area contributed by atoms with Crippen LogP contribution in [-0.2, 0) is 11.3 Å². The summed E-state index contributed by atoms with van der Waals surface area (Å²) >= 11 is 0. The average Bonchev–Trinajstić information content (AvgIpc) is 2.32. The molecular formula is C14H20F2N2O. The van der Waals surface area contributed by atoms with Crippen molar-refractivity contribution in [1.82, 2.24) is 10.2 Å². The highest BCUT2D eigenvalue weighted by Crippen LogP contribution is 2.12. The van der Waals surface area contributed by atoms with Crippen molar-refractivity contribution in [1.29, 1.82) is 0 Å². The number of nitrogens with one attached hydrogen (secondary N) is 1. The molecule has 0 radical (unpaired) electrons. The zero-order valence-corrected chi connectivity index (χ0v) is 11.5. The summed E-state index contributed by atoms with van der Waals surface area (Å²) in [6.45, 7) is 4.83. The minimum absolute atomic E-state index is 0.0721. The van der Waals surface area contributed by atoms with Crippen LogP contribution in [-0.4, -0.2) is 30.4 Å². The van der Waals surface area contributed by atoms with Gasteiger partial charge >= 0.3 is 0 Å². The maximum absolute atomic E-state index is 13.5. The summed E-state index contributed by atoms with van der Waals surface area (Å²) in [5.74, 6) is -1.31. The lowest BCUT2D eigenvalue weighted by molar-refractivity contribution is -0.130. The van der Waals surface area contributed by atoms with Crippen LogP contribution in [0.4, 0.5) is 8.78 Å². The quantitative estimate of drug-likeness (QED) is 0.860. The second kappa shape index (κ2) is 7.19. The Morgan fingerprint density at radius 1 is 1.42 bits per heavy atom. The van der Waals surface area contributed by atoms with Gasteiger partial charge in [-0.15, -0.1) is 0 Å². The summed E-state index contributed by atoms with van der Waals surface area (Å²) in [7, 11) is 1.61. The monoisotopic (exact) mass is 270 g/mol. The number of nitrogens with zero attached hydrogens (tertiary/aromatic N) is 1. The molecule has 3 nitrogen and oxygen atoms in total. The molecule has 0 bridgehead atoms. The Bertz CT molecular complexity index is 437. The van der Waals surface area contributed by atoms with Crippen molar-refractivity contribution in [2.75, 3.05) is 13.6 Å². The van der Waals surface area contributed by atoms with E-state index < -0.39 is 11.6 Å². The van der Waals surface area contributed by atoms with E-state index in [0.717, 1.165) is 12.6 Å². The van der Waals surface area contributed by atoms with Crippen LogP contribution in [0.15, 0.2) is 18.2 Å². The van der Waals surface area contributed by atoms with E-state index in [-0.39, 0.29) is 18.5 Å². The van der Waals surface area contributed by atoms with Crippen molar-refractivity contribution < 1.29 is 13.6 Å². The fourth-order valence-corrected chi connectivity index (χ4v) is 1.83. The second-order valence-corrected chi connectivity index (χ2v) is 4.65. The van der Waals surface area contributed by atoms with E-state index in [1.54, 1.807) is 7.05 Å². The standard InChI is InChI=1S/C14H20F2N2O/c1-4-17-10(2)7-14(19)18(3)9-11-5-6-12(15)8-13(11)16/h5-6,8,10,17H,4,7,9H2,1-3H3. The highest BCUT2D eigenvalue weighted by Gasteiger charge is 2.14. The van der Waals surface area contributed by atoms with E-state index in [0.29, 0.717) is 12.0 Å². The highest BCUT2D eigenvalue weighted by atomic mass is 19.1. The van der Waals surface area contributed by atoms with Gasteiger partial charge in [-0.2, -0.15) is 0 Å². The topological polar surface area (TPSA) is 32.3 Å². The molecule has 0 aromatic heterocycles. The summed E-state index contributed by atoms with van der Waals surface area (Å²) < 4.78 is 26.2. The summed E-state index contributed by atoms with van der Waals surface area (Å²) in [5.41, 5.74) is 0.313. The smallest absolute Gasteiger partial charge is 0.224 e. The Balaban J connectivity index is 2.58. The largest absolute Gasteiger partial charge is 0.341 e. The van der Waals surface area contributed by atoms with E-state index in [9.17, 15) is 13.6 Å². The molecule has 1 aromatic rings. The molecule has 106 valence electrons. The van der Waals surface area contributed by atoms with E-state index in [2.05, 4.69) is 5.32 Å². The van der Waals surface area contributed by atoms with Crippen molar-refractivity contribution in [3.05, 3.63) is 35.4 Å². The van der Waals surface area contributed by atoms with Crippen LogP contribution in [0.5, 0.6) is 0 Å². The van der Waals surface area contributed by atoms with Crippen LogP contribution >= 0.6 is 0 Å². The van der Waals surface area contributed by atoms with Gasteiger partial charge in [0, 0.05) is 37.7 Å². The van der Waals surface area contributed by atoms with Crippen LogP contribution in [0.25, 0.3) is 0 Å².